The highest BCUT2D eigenvalue weighted by Crippen LogP contribution is 2.27. The molecule has 90 valence electrons. The SMILES string of the molecule is CCC1C(O)C(C#N)CN1Cc1ccccc1. The highest BCUT2D eigenvalue weighted by atomic mass is 16.3. The van der Waals surface area contributed by atoms with Crippen molar-refractivity contribution in [3.05, 3.63) is 35.9 Å². The molecule has 1 aliphatic heterocycles. The molecule has 3 nitrogen and oxygen atoms in total. The summed E-state index contributed by atoms with van der Waals surface area (Å²) in [5.74, 6) is -0.247. The average molecular weight is 230 g/mol. The van der Waals surface area contributed by atoms with Crippen LogP contribution in [0.4, 0.5) is 0 Å². The molecule has 2 rings (SSSR count). The second-order valence-corrected chi connectivity index (χ2v) is 4.62. The van der Waals surface area contributed by atoms with Crippen molar-refractivity contribution in [2.45, 2.75) is 32.0 Å². The van der Waals surface area contributed by atoms with Gasteiger partial charge in [0.1, 0.15) is 0 Å². The highest BCUT2D eigenvalue weighted by Gasteiger charge is 2.39. The van der Waals surface area contributed by atoms with Crippen LogP contribution in [0.1, 0.15) is 18.9 Å². The number of nitriles is 1. The number of aliphatic hydroxyl groups excluding tert-OH is 1. The Kier molecular flexibility index (Phi) is 3.78. The van der Waals surface area contributed by atoms with E-state index in [1.165, 1.54) is 5.56 Å². The summed E-state index contributed by atoms with van der Waals surface area (Å²) in [6, 6.07) is 12.5. The van der Waals surface area contributed by atoms with E-state index >= 15 is 0 Å². The van der Waals surface area contributed by atoms with Crippen LogP contribution < -0.4 is 0 Å². The molecule has 0 aromatic heterocycles. The van der Waals surface area contributed by atoms with Crippen molar-refractivity contribution in [3.63, 3.8) is 0 Å². The lowest BCUT2D eigenvalue weighted by molar-refractivity contribution is 0.0999. The van der Waals surface area contributed by atoms with E-state index in [9.17, 15) is 5.11 Å². The smallest absolute Gasteiger partial charge is 0.0865 e. The zero-order valence-corrected chi connectivity index (χ0v) is 10.1. The Hall–Kier alpha value is -1.37. The minimum atomic E-state index is -0.506. The summed E-state index contributed by atoms with van der Waals surface area (Å²) < 4.78 is 0. The Morgan fingerprint density at radius 1 is 1.41 bits per heavy atom. The number of hydrogen-bond donors (Lipinski definition) is 1. The van der Waals surface area contributed by atoms with Gasteiger partial charge < -0.3 is 5.11 Å². The van der Waals surface area contributed by atoms with Gasteiger partial charge in [-0.15, -0.1) is 0 Å². The molecule has 1 saturated heterocycles. The van der Waals surface area contributed by atoms with Crippen LogP contribution in [0.5, 0.6) is 0 Å². The molecule has 0 bridgehead atoms. The van der Waals surface area contributed by atoms with Gasteiger partial charge in [-0.25, -0.2) is 0 Å². The summed E-state index contributed by atoms with van der Waals surface area (Å²) in [4.78, 5) is 2.22. The van der Waals surface area contributed by atoms with E-state index in [0.717, 1.165) is 13.0 Å². The minimum Gasteiger partial charge on any atom is -0.390 e. The topological polar surface area (TPSA) is 47.3 Å². The number of benzene rings is 1. The van der Waals surface area contributed by atoms with Gasteiger partial charge in [-0.1, -0.05) is 37.3 Å². The zero-order chi connectivity index (χ0) is 12.3. The number of nitrogens with zero attached hydrogens (tertiary/aromatic N) is 2. The molecule has 1 heterocycles. The van der Waals surface area contributed by atoms with Crippen molar-refractivity contribution in [3.8, 4) is 6.07 Å². The van der Waals surface area contributed by atoms with Crippen molar-refractivity contribution >= 4 is 0 Å². The summed E-state index contributed by atoms with van der Waals surface area (Å²) in [5.41, 5.74) is 1.23. The maximum atomic E-state index is 10.0. The normalized spacial score (nSPS) is 29.1. The molecule has 0 amide bonds. The van der Waals surface area contributed by atoms with Crippen LogP contribution in [0.2, 0.25) is 0 Å². The van der Waals surface area contributed by atoms with Gasteiger partial charge in [0, 0.05) is 19.1 Å². The van der Waals surface area contributed by atoms with Crippen molar-refractivity contribution in [2.24, 2.45) is 5.92 Å². The molecule has 0 aliphatic carbocycles. The summed E-state index contributed by atoms with van der Waals surface area (Å²) >= 11 is 0. The third-order valence-corrected chi connectivity index (χ3v) is 3.52. The largest absolute Gasteiger partial charge is 0.390 e. The summed E-state index contributed by atoms with van der Waals surface area (Å²) in [5, 5.41) is 19.0. The molecule has 0 radical (unpaired) electrons. The zero-order valence-electron chi connectivity index (χ0n) is 10.1. The Labute approximate surface area is 102 Å². The van der Waals surface area contributed by atoms with Gasteiger partial charge in [0.2, 0.25) is 0 Å². The van der Waals surface area contributed by atoms with Gasteiger partial charge in [0.15, 0.2) is 0 Å². The third-order valence-electron chi connectivity index (χ3n) is 3.52. The maximum Gasteiger partial charge on any atom is 0.0865 e. The quantitative estimate of drug-likeness (QED) is 0.861. The van der Waals surface area contributed by atoms with Gasteiger partial charge in [0.25, 0.3) is 0 Å². The van der Waals surface area contributed by atoms with Crippen LogP contribution in [0.25, 0.3) is 0 Å². The number of likely N-dealkylation sites (tertiary alicyclic amines) is 1. The van der Waals surface area contributed by atoms with Crippen molar-refractivity contribution in [2.75, 3.05) is 6.54 Å². The highest BCUT2D eigenvalue weighted by molar-refractivity contribution is 5.15. The molecule has 1 aromatic carbocycles. The predicted octanol–water partition coefficient (Wildman–Crippen LogP) is 1.78. The maximum absolute atomic E-state index is 10.0. The number of aliphatic hydroxyl groups is 1. The van der Waals surface area contributed by atoms with Gasteiger partial charge in [-0.2, -0.15) is 5.26 Å². The van der Waals surface area contributed by atoms with E-state index in [0.29, 0.717) is 6.54 Å². The first kappa shape index (κ1) is 12.1. The molecule has 17 heavy (non-hydrogen) atoms. The van der Waals surface area contributed by atoms with E-state index < -0.39 is 6.10 Å². The molecule has 1 N–H and O–H groups in total. The first-order valence-corrected chi connectivity index (χ1v) is 6.12. The lowest BCUT2D eigenvalue weighted by Crippen LogP contribution is -2.34. The van der Waals surface area contributed by atoms with Crippen LogP contribution in [0.15, 0.2) is 30.3 Å². The predicted molar refractivity (Wildman–Crippen MR) is 66.0 cm³/mol. The fourth-order valence-corrected chi connectivity index (χ4v) is 2.60. The first-order chi connectivity index (χ1) is 8.26. The van der Waals surface area contributed by atoms with Crippen molar-refractivity contribution < 1.29 is 5.11 Å². The Morgan fingerprint density at radius 2 is 2.12 bits per heavy atom. The summed E-state index contributed by atoms with van der Waals surface area (Å²) in [6.07, 6.45) is 0.375. The molecule has 1 fully saturated rings. The van der Waals surface area contributed by atoms with E-state index in [1.807, 2.05) is 18.2 Å². The first-order valence-electron chi connectivity index (χ1n) is 6.12. The van der Waals surface area contributed by atoms with Crippen LogP contribution in [0.3, 0.4) is 0 Å². The van der Waals surface area contributed by atoms with Crippen molar-refractivity contribution in [1.82, 2.24) is 4.90 Å². The van der Waals surface area contributed by atoms with E-state index in [2.05, 4.69) is 30.0 Å². The molecule has 0 saturated carbocycles. The van der Waals surface area contributed by atoms with Crippen LogP contribution in [-0.4, -0.2) is 28.7 Å². The number of rotatable bonds is 3. The van der Waals surface area contributed by atoms with Gasteiger partial charge in [-0.3, -0.25) is 4.90 Å². The fourth-order valence-electron chi connectivity index (χ4n) is 2.60. The molecule has 1 aromatic rings. The average Bonchev–Trinajstić information content (AvgIpc) is 2.66. The minimum absolute atomic E-state index is 0.111. The van der Waals surface area contributed by atoms with E-state index in [1.54, 1.807) is 0 Å². The van der Waals surface area contributed by atoms with E-state index in [-0.39, 0.29) is 12.0 Å². The second-order valence-electron chi connectivity index (χ2n) is 4.62. The van der Waals surface area contributed by atoms with Crippen LogP contribution >= 0.6 is 0 Å². The molecule has 3 unspecified atom stereocenters. The molecule has 3 heteroatoms. The van der Waals surface area contributed by atoms with E-state index in [4.69, 9.17) is 5.26 Å². The lowest BCUT2D eigenvalue weighted by Gasteiger charge is -2.24. The molecular weight excluding hydrogens is 212 g/mol. The molecule has 1 aliphatic rings. The number of hydrogen-bond acceptors (Lipinski definition) is 3. The third kappa shape index (κ3) is 2.49. The lowest BCUT2D eigenvalue weighted by atomic mass is 10.0. The molecule has 0 spiro atoms. The summed E-state index contributed by atoms with van der Waals surface area (Å²) in [6.45, 7) is 3.55. The molecule has 3 atom stereocenters. The molecular formula is C14H18N2O. The van der Waals surface area contributed by atoms with Gasteiger partial charge in [0.05, 0.1) is 18.1 Å². The van der Waals surface area contributed by atoms with Gasteiger partial charge >= 0.3 is 0 Å². The van der Waals surface area contributed by atoms with Gasteiger partial charge in [-0.05, 0) is 12.0 Å². The second kappa shape index (κ2) is 5.31. The Balaban J connectivity index is 2.09. The summed E-state index contributed by atoms with van der Waals surface area (Å²) in [7, 11) is 0. The Morgan fingerprint density at radius 3 is 2.71 bits per heavy atom. The van der Waals surface area contributed by atoms with Crippen LogP contribution in [-0.2, 0) is 6.54 Å². The monoisotopic (exact) mass is 230 g/mol. The van der Waals surface area contributed by atoms with Crippen LogP contribution in [0, 0.1) is 17.2 Å². The van der Waals surface area contributed by atoms with Crippen molar-refractivity contribution in [1.29, 1.82) is 5.26 Å². The fraction of sp³-hybridized carbons (Fsp3) is 0.500. The Bertz CT molecular complexity index is 398. The standard InChI is InChI=1S/C14H18N2O/c1-2-13-14(17)12(8-15)10-16(13)9-11-6-4-3-5-7-11/h3-7,12-14,17H,2,9-10H2,1H3.